The van der Waals surface area contributed by atoms with E-state index in [0.29, 0.717) is 12.6 Å². The largest absolute Gasteiger partial charge is 0.489 e. The van der Waals surface area contributed by atoms with Crippen LogP contribution in [0.5, 0.6) is 5.75 Å². The summed E-state index contributed by atoms with van der Waals surface area (Å²) in [5.74, 6) is 1.07. The number of likely N-dealkylation sites (tertiary alicyclic amines) is 1. The zero-order chi connectivity index (χ0) is 18.9. The summed E-state index contributed by atoms with van der Waals surface area (Å²) in [6, 6.07) is 8.84. The Bertz CT molecular complexity index is 563. The van der Waals surface area contributed by atoms with Crippen LogP contribution < -0.4 is 4.74 Å². The van der Waals surface area contributed by atoms with Crippen LogP contribution >= 0.6 is 0 Å². The van der Waals surface area contributed by atoms with Crippen LogP contribution in [-0.2, 0) is 0 Å². The summed E-state index contributed by atoms with van der Waals surface area (Å²) in [7, 11) is 0. The van der Waals surface area contributed by atoms with Crippen LogP contribution in [0.1, 0.15) is 75.7 Å². The zero-order valence-corrected chi connectivity index (χ0v) is 16.8. The highest BCUT2D eigenvalue weighted by molar-refractivity contribution is 5.37. The summed E-state index contributed by atoms with van der Waals surface area (Å²) in [6.07, 6.45) is 14.7. The first-order chi connectivity index (χ1) is 13.3. The van der Waals surface area contributed by atoms with Crippen molar-refractivity contribution in [2.45, 2.75) is 82.3 Å². The Morgan fingerprint density at radius 1 is 1.00 bits per heavy atom. The van der Waals surface area contributed by atoms with Gasteiger partial charge in [-0.25, -0.2) is 0 Å². The van der Waals surface area contributed by atoms with Crippen molar-refractivity contribution in [1.82, 2.24) is 4.90 Å². The Morgan fingerprint density at radius 3 is 2.33 bits per heavy atom. The minimum absolute atomic E-state index is 0.168. The normalized spacial score (nSPS) is 26.4. The number of aliphatic hydroxyl groups excluding tert-OH is 1. The molecule has 2 unspecified atom stereocenters. The van der Waals surface area contributed by atoms with E-state index < -0.39 is 0 Å². The van der Waals surface area contributed by atoms with E-state index in [9.17, 15) is 5.11 Å². The number of rotatable bonds is 5. The van der Waals surface area contributed by atoms with Gasteiger partial charge in [0, 0.05) is 18.5 Å². The Labute approximate surface area is 165 Å². The fourth-order valence-corrected chi connectivity index (χ4v) is 4.87. The average Bonchev–Trinajstić information content (AvgIpc) is 2.70. The molecule has 1 saturated carbocycles. The van der Waals surface area contributed by atoms with E-state index in [4.69, 9.17) is 4.74 Å². The summed E-state index contributed by atoms with van der Waals surface area (Å²) in [5, 5.41) is 11.0. The molecule has 0 bridgehead atoms. The third kappa shape index (κ3) is 5.83. The fourth-order valence-electron chi connectivity index (χ4n) is 4.87. The zero-order valence-electron chi connectivity index (χ0n) is 16.8. The molecular formula is C24H37NO2. The molecule has 2 fully saturated rings. The molecule has 27 heavy (non-hydrogen) atoms. The minimum Gasteiger partial charge on any atom is -0.489 e. The molecule has 0 amide bonds. The van der Waals surface area contributed by atoms with Crippen LogP contribution in [0.3, 0.4) is 0 Å². The number of β-amino-alcohol motifs (C(OH)–C–C–N with tert-alkyl or cyclic N) is 1. The lowest BCUT2D eigenvalue weighted by molar-refractivity contribution is 0.0234. The van der Waals surface area contributed by atoms with E-state index >= 15 is 0 Å². The number of hydrogen-bond acceptors (Lipinski definition) is 3. The van der Waals surface area contributed by atoms with Gasteiger partial charge in [0.15, 0.2) is 0 Å². The number of ether oxygens (including phenoxy) is 1. The Morgan fingerprint density at radius 2 is 1.67 bits per heavy atom. The van der Waals surface area contributed by atoms with Gasteiger partial charge in [-0.1, -0.05) is 75.8 Å². The first-order valence-corrected chi connectivity index (χ1v) is 11.0. The van der Waals surface area contributed by atoms with Crippen molar-refractivity contribution in [2.24, 2.45) is 0 Å². The first kappa shape index (κ1) is 20.4. The summed E-state index contributed by atoms with van der Waals surface area (Å²) in [5.41, 5.74) is 1.15. The predicted molar refractivity (Wildman–Crippen MR) is 112 cm³/mol. The van der Waals surface area contributed by atoms with Crippen LogP contribution in [0.4, 0.5) is 0 Å². The smallest absolute Gasteiger partial charge is 0.123 e. The van der Waals surface area contributed by atoms with Crippen LogP contribution in [0.25, 0.3) is 0 Å². The maximum Gasteiger partial charge on any atom is 0.123 e. The van der Waals surface area contributed by atoms with Crippen molar-refractivity contribution >= 4 is 0 Å². The lowest BCUT2D eigenvalue weighted by atomic mass is 9.85. The van der Waals surface area contributed by atoms with Gasteiger partial charge in [-0.3, -0.25) is 4.90 Å². The lowest BCUT2D eigenvalue weighted by Gasteiger charge is -2.41. The molecule has 0 spiro atoms. The van der Waals surface area contributed by atoms with Crippen molar-refractivity contribution in [3.63, 3.8) is 0 Å². The van der Waals surface area contributed by atoms with E-state index in [0.717, 1.165) is 30.8 Å². The topological polar surface area (TPSA) is 32.7 Å². The van der Waals surface area contributed by atoms with Gasteiger partial charge in [-0.2, -0.15) is 0 Å². The standard InChI is InChI=1S/C24H37NO2/c1-2-18-27-24-15-11-10-14-22(24)21-16-17-25(19-23(21)26)20-12-8-6-4-3-5-7-9-13-20/h2,10-11,14-15,20-21,23,26H,1,3-9,12-13,16-19H2. The quantitative estimate of drug-likeness (QED) is 0.713. The van der Waals surface area contributed by atoms with E-state index in [1.165, 1.54) is 57.8 Å². The van der Waals surface area contributed by atoms with Crippen molar-refractivity contribution in [3.8, 4) is 5.75 Å². The third-order valence-electron chi connectivity index (χ3n) is 6.38. The highest BCUT2D eigenvalue weighted by Gasteiger charge is 2.33. The Hall–Kier alpha value is -1.32. The fraction of sp³-hybridized carbons (Fsp3) is 0.667. The minimum atomic E-state index is -0.317. The molecule has 2 aliphatic rings. The van der Waals surface area contributed by atoms with E-state index in [-0.39, 0.29) is 12.0 Å². The number of aliphatic hydroxyl groups is 1. The first-order valence-electron chi connectivity index (χ1n) is 11.0. The maximum atomic E-state index is 11.0. The predicted octanol–water partition coefficient (Wildman–Crippen LogP) is 5.29. The highest BCUT2D eigenvalue weighted by Crippen LogP contribution is 2.36. The Kier molecular flexibility index (Phi) is 8.22. The van der Waals surface area contributed by atoms with Gasteiger partial charge in [0.2, 0.25) is 0 Å². The molecule has 1 aliphatic heterocycles. The highest BCUT2D eigenvalue weighted by atomic mass is 16.5. The van der Waals surface area contributed by atoms with Gasteiger partial charge < -0.3 is 9.84 Å². The molecule has 0 aromatic heterocycles. The molecule has 3 nitrogen and oxygen atoms in total. The van der Waals surface area contributed by atoms with Gasteiger partial charge >= 0.3 is 0 Å². The monoisotopic (exact) mass is 371 g/mol. The molecule has 1 aromatic carbocycles. The van der Waals surface area contributed by atoms with E-state index in [1.807, 2.05) is 12.1 Å². The molecule has 150 valence electrons. The van der Waals surface area contributed by atoms with Crippen molar-refractivity contribution in [1.29, 1.82) is 0 Å². The SMILES string of the molecule is C=CCOc1ccccc1C1CCN(C2CCCCCCCCC2)CC1O. The van der Waals surface area contributed by atoms with Gasteiger partial charge in [0.25, 0.3) is 0 Å². The van der Waals surface area contributed by atoms with Gasteiger partial charge in [0.1, 0.15) is 12.4 Å². The van der Waals surface area contributed by atoms with Gasteiger partial charge in [0.05, 0.1) is 6.10 Å². The van der Waals surface area contributed by atoms with Crippen LogP contribution in [0.15, 0.2) is 36.9 Å². The molecule has 1 heterocycles. The molecule has 1 aromatic rings. The summed E-state index contributed by atoms with van der Waals surface area (Å²) < 4.78 is 5.84. The van der Waals surface area contributed by atoms with Gasteiger partial charge in [-0.05, 0) is 37.4 Å². The Balaban J connectivity index is 1.62. The van der Waals surface area contributed by atoms with Crippen LogP contribution in [-0.4, -0.2) is 41.8 Å². The number of nitrogens with zero attached hydrogens (tertiary/aromatic N) is 1. The second-order valence-electron chi connectivity index (χ2n) is 8.30. The maximum absolute atomic E-state index is 11.0. The van der Waals surface area contributed by atoms with Gasteiger partial charge in [-0.15, -0.1) is 0 Å². The molecule has 1 saturated heterocycles. The van der Waals surface area contributed by atoms with Crippen molar-refractivity contribution in [2.75, 3.05) is 19.7 Å². The molecule has 1 aliphatic carbocycles. The van der Waals surface area contributed by atoms with Crippen molar-refractivity contribution in [3.05, 3.63) is 42.5 Å². The molecule has 3 rings (SSSR count). The second-order valence-corrected chi connectivity index (χ2v) is 8.30. The van der Waals surface area contributed by atoms with Crippen molar-refractivity contribution < 1.29 is 9.84 Å². The third-order valence-corrected chi connectivity index (χ3v) is 6.38. The summed E-state index contributed by atoms with van der Waals surface area (Å²) in [6.45, 7) is 6.13. The van der Waals surface area contributed by atoms with Crippen LogP contribution in [0.2, 0.25) is 0 Å². The lowest BCUT2D eigenvalue weighted by Crippen LogP contribution is -2.47. The molecular weight excluding hydrogens is 334 g/mol. The molecule has 1 N–H and O–H groups in total. The number of benzene rings is 1. The van der Waals surface area contributed by atoms with E-state index in [2.05, 4.69) is 23.6 Å². The van der Waals surface area contributed by atoms with E-state index in [1.54, 1.807) is 6.08 Å². The number of piperidine rings is 1. The number of hydrogen-bond donors (Lipinski definition) is 1. The average molecular weight is 372 g/mol. The molecule has 3 heteroatoms. The summed E-state index contributed by atoms with van der Waals surface area (Å²) in [4.78, 5) is 2.58. The molecule has 2 atom stereocenters. The number of para-hydroxylation sites is 1. The summed E-state index contributed by atoms with van der Waals surface area (Å²) >= 11 is 0. The molecule has 0 radical (unpaired) electrons. The van der Waals surface area contributed by atoms with Crippen LogP contribution in [0, 0.1) is 0 Å². The second kappa shape index (κ2) is 10.9.